The molecule has 0 bridgehead atoms. The van der Waals surface area contributed by atoms with Crippen molar-refractivity contribution < 1.29 is 19.0 Å². The Hall–Kier alpha value is -2.21. The molecule has 0 unspecified atom stereocenters. The molecular weight excluding hydrogens is 410 g/mol. The first-order valence-electron chi connectivity index (χ1n) is 9.18. The van der Waals surface area contributed by atoms with Crippen LogP contribution in [0.1, 0.15) is 43.1 Å². The monoisotopic (exact) mass is 435 g/mol. The van der Waals surface area contributed by atoms with Crippen LogP contribution >= 0.6 is 15.9 Å². The summed E-state index contributed by atoms with van der Waals surface area (Å²) in [6, 6.07) is 11.2. The third kappa shape index (κ3) is 6.17. The number of anilines is 1. The molecule has 1 N–H and O–H groups in total. The summed E-state index contributed by atoms with van der Waals surface area (Å²) in [6.45, 7) is 8.01. The van der Waals surface area contributed by atoms with Gasteiger partial charge in [-0.1, -0.05) is 6.92 Å². The predicted molar refractivity (Wildman–Crippen MR) is 111 cm³/mol. The van der Waals surface area contributed by atoms with E-state index in [1.54, 1.807) is 19.1 Å². The highest BCUT2D eigenvalue weighted by atomic mass is 79.9. The summed E-state index contributed by atoms with van der Waals surface area (Å²) in [5.74, 6) is 1.16. The highest BCUT2D eigenvalue weighted by Gasteiger charge is 2.12. The highest BCUT2D eigenvalue weighted by Crippen LogP contribution is 2.37. The fraction of sp³-hybridized carbons (Fsp3) is 0.381. The van der Waals surface area contributed by atoms with Gasteiger partial charge in [0.15, 0.2) is 11.5 Å². The molecule has 0 aliphatic rings. The maximum absolute atomic E-state index is 11.7. The van der Waals surface area contributed by atoms with Gasteiger partial charge in [0.05, 0.1) is 29.9 Å². The fourth-order valence-corrected chi connectivity index (χ4v) is 3.08. The molecule has 0 saturated heterocycles. The number of ether oxygens (including phenoxy) is 3. The smallest absolute Gasteiger partial charge is 0.338 e. The minimum atomic E-state index is -0.308. The summed E-state index contributed by atoms with van der Waals surface area (Å²) in [5.41, 5.74) is 2.52. The van der Waals surface area contributed by atoms with Crippen molar-refractivity contribution in [3.05, 3.63) is 52.0 Å². The Labute approximate surface area is 169 Å². The average Bonchev–Trinajstić information content (AvgIpc) is 2.66. The number of carbonyl (C=O) groups is 1. The van der Waals surface area contributed by atoms with Crippen molar-refractivity contribution >= 4 is 27.6 Å². The molecule has 0 aliphatic carbocycles. The second-order valence-electron chi connectivity index (χ2n) is 5.84. The molecule has 146 valence electrons. The minimum Gasteiger partial charge on any atom is -0.490 e. The van der Waals surface area contributed by atoms with Crippen molar-refractivity contribution in [2.24, 2.45) is 0 Å². The van der Waals surface area contributed by atoms with E-state index in [1.165, 1.54) is 0 Å². The highest BCUT2D eigenvalue weighted by molar-refractivity contribution is 9.10. The quantitative estimate of drug-likeness (QED) is 0.504. The van der Waals surface area contributed by atoms with Crippen molar-refractivity contribution in [2.75, 3.05) is 25.1 Å². The number of benzene rings is 2. The summed E-state index contributed by atoms with van der Waals surface area (Å²) in [5, 5.41) is 3.35. The summed E-state index contributed by atoms with van der Waals surface area (Å²) >= 11 is 3.58. The van der Waals surface area contributed by atoms with E-state index in [1.807, 2.05) is 31.2 Å². The Morgan fingerprint density at radius 2 is 1.78 bits per heavy atom. The molecule has 27 heavy (non-hydrogen) atoms. The number of rotatable bonds is 10. The molecular formula is C21H26BrNO4. The van der Waals surface area contributed by atoms with Crippen LogP contribution in [0, 0.1) is 0 Å². The number of hydrogen-bond donors (Lipinski definition) is 1. The Bertz CT molecular complexity index is 747. The molecule has 2 aromatic carbocycles. The van der Waals surface area contributed by atoms with E-state index in [4.69, 9.17) is 14.2 Å². The molecule has 6 heteroatoms. The third-order valence-corrected chi connectivity index (χ3v) is 4.30. The lowest BCUT2D eigenvalue weighted by molar-refractivity contribution is 0.0526. The number of carbonyl (C=O) groups excluding carboxylic acids is 1. The van der Waals surface area contributed by atoms with Gasteiger partial charge in [-0.3, -0.25) is 0 Å². The van der Waals surface area contributed by atoms with E-state index in [0.717, 1.165) is 33.6 Å². The zero-order chi connectivity index (χ0) is 19.6. The van der Waals surface area contributed by atoms with Crippen LogP contribution in [0.25, 0.3) is 0 Å². The predicted octanol–water partition coefficient (Wildman–Crippen LogP) is 5.43. The molecule has 0 amide bonds. The second-order valence-corrected chi connectivity index (χ2v) is 6.69. The zero-order valence-corrected chi connectivity index (χ0v) is 17.6. The molecule has 2 rings (SSSR count). The first kappa shape index (κ1) is 21.1. The van der Waals surface area contributed by atoms with Crippen molar-refractivity contribution in [3.8, 4) is 11.5 Å². The van der Waals surface area contributed by atoms with Gasteiger partial charge in [-0.25, -0.2) is 4.79 Å². The van der Waals surface area contributed by atoms with E-state index < -0.39 is 0 Å². The van der Waals surface area contributed by atoms with Crippen molar-refractivity contribution in [1.29, 1.82) is 0 Å². The fourth-order valence-electron chi connectivity index (χ4n) is 2.47. The Morgan fingerprint density at radius 3 is 2.41 bits per heavy atom. The maximum atomic E-state index is 11.7. The standard InChI is InChI=1S/C21H26BrNO4/c1-4-11-27-20-18(22)12-15(13-19(20)25-5-2)14-23-17-9-7-16(8-10-17)21(24)26-6-3/h7-10,12-13,23H,4-6,11,14H2,1-3H3. The Kier molecular flexibility index (Phi) is 8.45. The third-order valence-electron chi connectivity index (χ3n) is 3.71. The van der Waals surface area contributed by atoms with Crippen molar-refractivity contribution in [2.45, 2.75) is 33.7 Å². The molecule has 0 radical (unpaired) electrons. The van der Waals surface area contributed by atoms with Crippen LogP contribution in [-0.2, 0) is 11.3 Å². The van der Waals surface area contributed by atoms with Crippen LogP contribution in [0.4, 0.5) is 5.69 Å². The van der Waals surface area contributed by atoms with Crippen LogP contribution in [0.2, 0.25) is 0 Å². The second kappa shape index (κ2) is 10.8. The molecule has 0 aromatic heterocycles. The van der Waals surface area contributed by atoms with Crippen LogP contribution < -0.4 is 14.8 Å². The molecule has 0 fully saturated rings. The number of halogens is 1. The van der Waals surface area contributed by atoms with Crippen LogP contribution in [0.15, 0.2) is 40.9 Å². The van der Waals surface area contributed by atoms with Crippen LogP contribution in [0.5, 0.6) is 11.5 Å². The van der Waals surface area contributed by atoms with E-state index >= 15 is 0 Å². The van der Waals surface area contributed by atoms with Gasteiger partial charge in [0, 0.05) is 12.2 Å². The maximum Gasteiger partial charge on any atom is 0.338 e. The van der Waals surface area contributed by atoms with Gasteiger partial charge in [-0.15, -0.1) is 0 Å². The molecule has 0 atom stereocenters. The largest absolute Gasteiger partial charge is 0.490 e. The van der Waals surface area contributed by atoms with E-state index in [0.29, 0.717) is 31.9 Å². The Balaban J connectivity index is 2.07. The summed E-state index contributed by atoms with van der Waals surface area (Å²) in [4.78, 5) is 11.7. The Morgan fingerprint density at radius 1 is 1.04 bits per heavy atom. The minimum absolute atomic E-state index is 0.308. The van der Waals surface area contributed by atoms with E-state index in [9.17, 15) is 4.79 Å². The lowest BCUT2D eigenvalue weighted by Gasteiger charge is -2.16. The van der Waals surface area contributed by atoms with Gasteiger partial charge in [-0.05, 0) is 78.2 Å². The van der Waals surface area contributed by atoms with Gasteiger partial charge in [0.25, 0.3) is 0 Å². The lowest BCUT2D eigenvalue weighted by atomic mass is 10.1. The topological polar surface area (TPSA) is 56.8 Å². The molecule has 0 heterocycles. The molecule has 2 aromatic rings. The summed E-state index contributed by atoms with van der Waals surface area (Å²) in [7, 11) is 0. The van der Waals surface area contributed by atoms with Crippen molar-refractivity contribution in [3.63, 3.8) is 0 Å². The SMILES string of the molecule is CCCOc1c(Br)cc(CNc2ccc(C(=O)OCC)cc2)cc1OCC. The molecule has 0 spiro atoms. The van der Waals surface area contributed by atoms with Crippen LogP contribution in [-0.4, -0.2) is 25.8 Å². The summed E-state index contributed by atoms with van der Waals surface area (Å²) in [6.07, 6.45) is 0.934. The van der Waals surface area contributed by atoms with Gasteiger partial charge < -0.3 is 19.5 Å². The van der Waals surface area contributed by atoms with Crippen molar-refractivity contribution in [1.82, 2.24) is 0 Å². The van der Waals surface area contributed by atoms with Gasteiger partial charge >= 0.3 is 5.97 Å². The number of hydrogen-bond acceptors (Lipinski definition) is 5. The molecule has 0 aliphatic heterocycles. The lowest BCUT2D eigenvalue weighted by Crippen LogP contribution is -2.06. The number of esters is 1. The first-order chi connectivity index (χ1) is 13.1. The average molecular weight is 436 g/mol. The normalized spacial score (nSPS) is 10.4. The number of nitrogens with one attached hydrogen (secondary N) is 1. The van der Waals surface area contributed by atoms with Crippen LogP contribution in [0.3, 0.4) is 0 Å². The summed E-state index contributed by atoms with van der Waals surface area (Å²) < 4.78 is 17.4. The molecule has 0 saturated carbocycles. The van der Waals surface area contributed by atoms with E-state index in [-0.39, 0.29) is 5.97 Å². The van der Waals surface area contributed by atoms with Gasteiger partial charge in [0.2, 0.25) is 0 Å². The first-order valence-corrected chi connectivity index (χ1v) is 9.97. The van der Waals surface area contributed by atoms with Gasteiger partial charge in [0.1, 0.15) is 0 Å². The zero-order valence-electron chi connectivity index (χ0n) is 16.0. The van der Waals surface area contributed by atoms with E-state index in [2.05, 4.69) is 28.2 Å². The van der Waals surface area contributed by atoms with Gasteiger partial charge in [-0.2, -0.15) is 0 Å². The molecule has 5 nitrogen and oxygen atoms in total.